The smallest absolute Gasteiger partial charge is 0.287 e. The zero-order valence-electron chi connectivity index (χ0n) is 11.8. The van der Waals surface area contributed by atoms with Gasteiger partial charge in [0.15, 0.2) is 0 Å². The van der Waals surface area contributed by atoms with Gasteiger partial charge >= 0.3 is 0 Å². The molecule has 2 N–H and O–H groups in total. The van der Waals surface area contributed by atoms with E-state index in [0.29, 0.717) is 12.1 Å². The van der Waals surface area contributed by atoms with Crippen molar-refractivity contribution in [2.75, 3.05) is 11.9 Å². The Labute approximate surface area is 128 Å². The van der Waals surface area contributed by atoms with Crippen molar-refractivity contribution in [1.82, 2.24) is 9.78 Å². The molecular formula is C15H18ClN3O2. The lowest BCUT2D eigenvalue weighted by Crippen LogP contribution is -2.22. The Balaban J connectivity index is 2.27. The summed E-state index contributed by atoms with van der Waals surface area (Å²) in [6.45, 7) is 0.119. The van der Waals surface area contributed by atoms with Crippen LogP contribution in [0.25, 0.3) is 0 Å². The standard InChI is InChI=1S/C15H18ClN3O2/c1-19-15(21)14(16)13(10-17-19)18-12(8-5-9-20)11-6-3-2-4-7-11/h2-4,6-7,10,12,18,20H,5,8-9H2,1H3. The molecule has 1 unspecified atom stereocenters. The number of aliphatic hydroxyl groups excluding tert-OH is 1. The fourth-order valence-electron chi connectivity index (χ4n) is 2.10. The summed E-state index contributed by atoms with van der Waals surface area (Å²) in [5.41, 5.74) is 1.24. The zero-order valence-corrected chi connectivity index (χ0v) is 12.5. The second-order valence-corrected chi connectivity index (χ2v) is 5.15. The summed E-state index contributed by atoms with van der Waals surface area (Å²) in [6, 6.07) is 9.80. The maximum atomic E-state index is 11.8. The fraction of sp³-hybridized carbons (Fsp3) is 0.333. The van der Waals surface area contributed by atoms with E-state index in [1.165, 1.54) is 4.68 Å². The lowest BCUT2D eigenvalue weighted by atomic mass is 10.0. The number of benzene rings is 1. The molecule has 112 valence electrons. The molecule has 0 bridgehead atoms. The average Bonchev–Trinajstić information content (AvgIpc) is 2.52. The van der Waals surface area contributed by atoms with Gasteiger partial charge in [0.25, 0.3) is 5.56 Å². The predicted octanol–water partition coefficient (Wildman–Crippen LogP) is 2.36. The van der Waals surface area contributed by atoms with E-state index in [0.717, 1.165) is 12.0 Å². The van der Waals surface area contributed by atoms with Crippen LogP contribution < -0.4 is 10.9 Å². The Hall–Kier alpha value is -1.85. The van der Waals surface area contributed by atoms with Gasteiger partial charge in [-0.25, -0.2) is 4.68 Å². The zero-order chi connectivity index (χ0) is 15.2. The Bertz CT molecular complexity index is 643. The number of halogens is 1. The van der Waals surface area contributed by atoms with Gasteiger partial charge in [-0.1, -0.05) is 41.9 Å². The van der Waals surface area contributed by atoms with Crippen LogP contribution in [0.5, 0.6) is 0 Å². The minimum Gasteiger partial charge on any atom is -0.396 e. The number of nitrogens with one attached hydrogen (secondary N) is 1. The van der Waals surface area contributed by atoms with Gasteiger partial charge in [0.2, 0.25) is 0 Å². The molecule has 6 heteroatoms. The predicted molar refractivity (Wildman–Crippen MR) is 83.6 cm³/mol. The lowest BCUT2D eigenvalue weighted by Gasteiger charge is -2.20. The third-order valence-corrected chi connectivity index (χ3v) is 3.63. The highest BCUT2D eigenvalue weighted by atomic mass is 35.5. The van der Waals surface area contributed by atoms with Crippen molar-refractivity contribution in [3.63, 3.8) is 0 Å². The van der Waals surface area contributed by atoms with Crippen molar-refractivity contribution in [3.05, 3.63) is 57.5 Å². The van der Waals surface area contributed by atoms with Gasteiger partial charge in [-0.3, -0.25) is 4.79 Å². The third-order valence-electron chi connectivity index (χ3n) is 3.26. The van der Waals surface area contributed by atoms with Gasteiger partial charge < -0.3 is 10.4 Å². The van der Waals surface area contributed by atoms with Crippen LogP contribution in [0.3, 0.4) is 0 Å². The van der Waals surface area contributed by atoms with Crippen molar-refractivity contribution >= 4 is 17.3 Å². The number of nitrogens with zero attached hydrogens (tertiary/aromatic N) is 2. The number of anilines is 1. The first kappa shape index (κ1) is 15.5. The largest absolute Gasteiger partial charge is 0.396 e. The SMILES string of the molecule is Cn1ncc(NC(CCCO)c2ccccc2)c(Cl)c1=O. The van der Waals surface area contributed by atoms with E-state index < -0.39 is 0 Å². The number of aromatic nitrogens is 2. The summed E-state index contributed by atoms with van der Waals surface area (Å²) in [6.07, 6.45) is 2.92. The molecule has 2 aromatic rings. The molecule has 0 radical (unpaired) electrons. The Morgan fingerprint density at radius 3 is 2.76 bits per heavy atom. The molecule has 0 fully saturated rings. The van der Waals surface area contributed by atoms with Gasteiger partial charge in [0.05, 0.1) is 17.9 Å². The summed E-state index contributed by atoms with van der Waals surface area (Å²) in [5, 5.41) is 16.4. The van der Waals surface area contributed by atoms with Crippen LogP contribution in [0.4, 0.5) is 5.69 Å². The second-order valence-electron chi connectivity index (χ2n) is 4.77. The van der Waals surface area contributed by atoms with Crippen LogP contribution >= 0.6 is 11.6 Å². The normalized spacial score (nSPS) is 12.1. The van der Waals surface area contributed by atoms with Gasteiger partial charge in [-0.05, 0) is 18.4 Å². The van der Waals surface area contributed by atoms with Gasteiger partial charge in [-0.15, -0.1) is 0 Å². The molecule has 2 rings (SSSR count). The number of hydrogen-bond donors (Lipinski definition) is 2. The van der Waals surface area contributed by atoms with Crippen molar-refractivity contribution in [2.24, 2.45) is 7.05 Å². The Morgan fingerprint density at radius 2 is 2.10 bits per heavy atom. The highest BCUT2D eigenvalue weighted by molar-refractivity contribution is 6.32. The summed E-state index contributed by atoms with van der Waals surface area (Å²) < 4.78 is 1.19. The van der Waals surface area contributed by atoms with Crippen LogP contribution in [-0.2, 0) is 7.05 Å². The molecule has 1 heterocycles. The van der Waals surface area contributed by atoms with Crippen LogP contribution in [0.2, 0.25) is 5.02 Å². The van der Waals surface area contributed by atoms with Crippen LogP contribution in [0.15, 0.2) is 41.3 Å². The van der Waals surface area contributed by atoms with E-state index in [1.807, 2.05) is 30.3 Å². The molecule has 21 heavy (non-hydrogen) atoms. The van der Waals surface area contributed by atoms with Crippen molar-refractivity contribution in [3.8, 4) is 0 Å². The Morgan fingerprint density at radius 1 is 1.38 bits per heavy atom. The number of aryl methyl sites for hydroxylation is 1. The molecule has 1 atom stereocenters. The van der Waals surface area contributed by atoms with E-state index in [2.05, 4.69) is 10.4 Å². The Kier molecular flexibility index (Phi) is 5.36. The summed E-state index contributed by atoms with van der Waals surface area (Å²) in [4.78, 5) is 11.8. The monoisotopic (exact) mass is 307 g/mol. The average molecular weight is 308 g/mol. The highest BCUT2D eigenvalue weighted by Crippen LogP contribution is 2.26. The first-order valence-electron chi connectivity index (χ1n) is 6.77. The van der Waals surface area contributed by atoms with E-state index in [1.54, 1.807) is 13.2 Å². The van der Waals surface area contributed by atoms with Gasteiger partial charge in [-0.2, -0.15) is 5.10 Å². The molecule has 0 saturated heterocycles. The van der Waals surface area contributed by atoms with E-state index >= 15 is 0 Å². The van der Waals surface area contributed by atoms with Crippen molar-refractivity contribution in [2.45, 2.75) is 18.9 Å². The topological polar surface area (TPSA) is 67.2 Å². The molecule has 0 aliphatic carbocycles. The second kappa shape index (κ2) is 7.24. The van der Waals surface area contributed by atoms with E-state index in [-0.39, 0.29) is 23.2 Å². The molecule has 5 nitrogen and oxygen atoms in total. The fourth-order valence-corrected chi connectivity index (χ4v) is 2.33. The number of hydrogen-bond acceptors (Lipinski definition) is 4. The number of rotatable bonds is 6. The van der Waals surface area contributed by atoms with Gasteiger partial charge in [0, 0.05) is 13.7 Å². The summed E-state index contributed by atoms with van der Waals surface area (Å²) in [7, 11) is 1.55. The minimum absolute atomic E-state index is 0.0373. The van der Waals surface area contributed by atoms with Crippen LogP contribution in [0, 0.1) is 0 Å². The maximum Gasteiger partial charge on any atom is 0.287 e. The molecule has 0 saturated carbocycles. The van der Waals surface area contributed by atoms with Crippen LogP contribution in [0.1, 0.15) is 24.4 Å². The molecule has 0 aliphatic rings. The number of aliphatic hydroxyl groups is 1. The van der Waals surface area contributed by atoms with Crippen LogP contribution in [-0.4, -0.2) is 21.5 Å². The highest BCUT2D eigenvalue weighted by Gasteiger charge is 2.14. The molecule has 0 aliphatic heterocycles. The first-order valence-corrected chi connectivity index (χ1v) is 7.15. The van der Waals surface area contributed by atoms with Crippen molar-refractivity contribution < 1.29 is 5.11 Å². The molecule has 0 amide bonds. The van der Waals surface area contributed by atoms with E-state index in [4.69, 9.17) is 16.7 Å². The molecule has 1 aromatic carbocycles. The van der Waals surface area contributed by atoms with Crippen molar-refractivity contribution in [1.29, 1.82) is 0 Å². The first-order chi connectivity index (χ1) is 10.1. The third kappa shape index (κ3) is 3.83. The summed E-state index contributed by atoms with van der Waals surface area (Å²) >= 11 is 6.08. The minimum atomic E-state index is -0.337. The molecule has 1 aromatic heterocycles. The summed E-state index contributed by atoms with van der Waals surface area (Å²) in [5.74, 6) is 0. The van der Waals surface area contributed by atoms with E-state index in [9.17, 15) is 4.79 Å². The van der Waals surface area contributed by atoms with Gasteiger partial charge in [0.1, 0.15) is 5.02 Å². The maximum absolute atomic E-state index is 11.8. The lowest BCUT2D eigenvalue weighted by molar-refractivity contribution is 0.281. The molecule has 0 spiro atoms. The quantitative estimate of drug-likeness (QED) is 0.860. The molecular weight excluding hydrogens is 290 g/mol.